The van der Waals surface area contributed by atoms with Crippen LogP contribution in [0, 0.1) is 12.3 Å². The molecule has 0 spiro atoms. The molecule has 2 rings (SSSR count). The van der Waals surface area contributed by atoms with E-state index in [2.05, 4.69) is 16.0 Å². The average molecular weight is 296 g/mol. The quantitative estimate of drug-likeness (QED) is 0.882. The molecule has 4 nitrogen and oxygen atoms in total. The average Bonchev–Trinajstić information content (AvgIpc) is 2.85. The van der Waals surface area contributed by atoms with Gasteiger partial charge in [0.1, 0.15) is 18.3 Å². The molecule has 0 bridgehead atoms. The number of benzene rings is 1. The van der Waals surface area contributed by atoms with E-state index in [1.807, 2.05) is 0 Å². The van der Waals surface area contributed by atoms with Gasteiger partial charge in [-0.3, -0.25) is 0 Å². The molecule has 2 aromatic rings. The van der Waals surface area contributed by atoms with Gasteiger partial charge in [0.05, 0.1) is 16.6 Å². The number of hydrogen-bond donors (Lipinski definition) is 1. The third kappa shape index (κ3) is 3.07. The van der Waals surface area contributed by atoms with Crippen molar-refractivity contribution in [2.45, 2.75) is 18.6 Å². The Hall–Kier alpha value is -1.54. The Morgan fingerprint density at radius 1 is 1.37 bits per heavy atom. The Bertz CT molecular complexity index is 607. The van der Waals surface area contributed by atoms with Gasteiger partial charge in [-0.05, 0) is 17.7 Å². The summed E-state index contributed by atoms with van der Waals surface area (Å²) in [6.07, 6.45) is 8.37. The third-order valence-corrected chi connectivity index (χ3v) is 3.48. The van der Waals surface area contributed by atoms with Crippen LogP contribution in [0.5, 0.6) is 0 Å². The van der Waals surface area contributed by atoms with Gasteiger partial charge < -0.3 is 5.11 Å². The molecule has 1 aromatic carbocycles. The van der Waals surface area contributed by atoms with Crippen LogP contribution < -0.4 is 0 Å². The molecule has 1 unspecified atom stereocenters. The van der Waals surface area contributed by atoms with E-state index in [-0.39, 0.29) is 13.0 Å². The first-order valence-electron chi connectivity index (χ1n) is 5.49. The number of hydrogen-bond acceptors (Lipinski definition) is 3. The minimum atomic E-state index is -1.27. The Morgan fingerprint density at radius 3 is 2.74 bits per heavy atom. The number of nitrogens with zero attached hydrogens (tertiary/aromatic N) is 3. The molecule has 0 saturated carbocycles. The SMILES string of the molecule is C#CCC(O)(Cn1cncn1)c1ccc(Cl)c(Cl)c1. The zero-order valence-corrected chi connectivity index (χ0v) is 11.4. The molecule has 0 aliphatic heterocycles. The number of terminal acetylenes is 1. The van der Waals surface area contributed by atoms with Crippen LogP contribution >= 0.6 is 23.2 Å². The topological polar surface area (TPSA) is 50.9 Å². The largest absolute Gasteiger partial charge is 0.382 e. The lowest BCUT2D eigenvalue weighted by atomic mass is 9.90. The van der Waals surface area contributed by atoms with Crippen molar-refractivity contribution in [3.05, 3.63) is 46.5 Å². The summed E-state index contributed by atoms with van der Waals surface area (Å²) >= 11 is 11.8. The molecule has 1 heterocycles. The molecule has 0 aliphatic carbocycles. The van der Waals surface area contributed by atoms with E-state index < -0.39 is 5.60 Å². The van der Waals surface area contributed by atoms with Crippen LogP contribution in [0.25, 0.3) is 0 Å². The van der Waals surface area contributed by atoms with E-state index in [4.69, 9.17) is 29.6 Å². The smallest absolute Gasteiger partial charge is 0.137 e. The second-order valence-electron chi connectivity index (χ2n) is 4.13. The Balaban J connectivity index is 2.37. The van der Waals surface area contributed by atoms with Crippen LogP contribution in [-0.2, 0) is 12.1 Å². The minimum Gasteiger partial charge on any atom is -0.382 e. The molecule has 0 amide bonds. The maximum absolute atomic E-state index is 10.7. The molecule has 0 saturated heterocycles. The highest BCUT2D eigenvalue weighted by molar-refractivity contribution is 6.42. The molecular weight excluding hydrogens is 285 g/mol. The van der Waals surface area contributed by atoms with Gasteiger partial charge in [-0.1, -0.05) is 29.3 Å². The Morgan fingerprint density at radius 2 is 2.16 bits per heavy atom. The third-order valence-electron chi connectivity index (χ3n) is 2.74. The molecule has 98 valence electrons. The fraction of sp³-hybridized carbons (Fsp3) is 0.231. The van der Waals surface area contributed by atoms with Crippen molar-refractivity contribution in [3.63, 3.8) is 0 Å². The normalized spacial score (nSPS) is 13.8. The van der Waals surface area contributed by atoms with Crippen LogP contribution in [0.15, 0.2) is 30.9 Å². The van der Waals surface area contributed by atoms with E-state index in [1.165, 1.54) is 17.3 Å². The van der Waals surface area contributed by atoms with E-state index in [1.54, 1.807) is 18.2 Å². The summed E-state index contributed by atoms with van der Waals surface area (Å²) in [4.78, 5) is 3.83. The molecule has 1 N–H and O–H groups in total. The lowest BCUT2D eigenvalue weighted by Crippen LogP contribution is -2.31. The number of aliphatic hydroxyl groups is 1. The van der Waals surface area contributed by atoms with Gasteiger partial charge in [-0.15, -0.1) is 12.3 Å². The van der Waals surface area contributed by atoms with Crippen molar-refractivity contribution in [1.29, 1.82) is 0 Å². The minimum absolute atomic E-state index is 0.130. The fourth-order valence-electron chi connectivity index (χ4n) is 1.79. The number of rotatable bonds is 4. The standard InChI is InChI=1S/C13H11Cl2N3O/c1-2-5-13(19,7-18-9-16-8-17-18)10-3-4-11(14)12(15)6-10/h1,3-4,6,8-9,19H,5,7H2. The molecule has 1 aromatic heterocycles. The van der Waals surface area contributed by atoms with Crippen molar-refractivity contribution in [3.8, 4) is 12.3 Å². The summed E-state index contributed by atoms with van der Waals surface area (Å²) in [6.45, 7) is 0.190. The maximum atomic E-state index is 10.7. The van der Waals surface area contributed by atoms with E-state index in [0.717, 1.165) is 0 Å². The second-order valence-corrected chi connectivity index (χ2v) is 4.95. The summed E-state index contributed by atoms with van der Waals surface area (Å²) in [5.41, 5.74) is -0.674. The Labute approximate surface area is 121 Å². The molecule has 0 radical (unpaired) electrons. The number of aromatic nitrogens is 3. The monoisotopic (exact) mass is 295 g/mol. The molecule has 0 fully saturated rings. The number of halogens is 2. The van der Waals surface area contributed by atoms with Crippen molar-refractivity contribution in [1.82, 2.24) is 14.8 Å². The highest BCUT2D eigenvalue weighted by atomic mass is 35.5. The summed E-state index contributed by atoms with van der Waals surface area (Å²) in [7, 11) is 0. The fourth-order valence-corrected chi connectivity index (χ4v) is 2.08. The van der Waals surface area contributed by atoms with Gasteiger partial charge in [0.2, 0.25) is 0 Å². The predicted octanol–water partition coefficient (Wildman–Crippen LogP) is 2.50. The van der Waals surface area contributed by atoms with Crippen molar-refractivity contribution in [2.75, 3.05) is 0 Å². The predicted molar refractivity (Wildman–Crippen MR) is 73.8 cm³/mol. The highest BCUT2D eigenvalue weighted by Crippen LogP contribution is 2.31. The van der Waals surface area contributed by atoms with Crippen molar-refractivity contribution >= 4 is 23.2 Å². The van der Waals surface area contributed by atoms with Gasteiger partial charge in [-0.2, -0.15) is 5.10 Å². The van der Waals surface area contributed by atoms with Gasteiger partial charge in [-0.25, -0.2) is 9.67 Å². The summed E-state index contributed by atoms with van der Waals surface area (Å²) in [6, 6.07) is 4.93. The first kappa shape index (κ1) is 13.9. The molecular formula is C13H11Cl2N3O. The lowest BCUT2D eigenvalue weighted by Gasteiger charge is -2.26. The zero-order valence-electron chi connectivity index (χ0n) is 9.92. The van der Waals surface area contributed by atoms with Gasteiger partial charge in [0.25, 0.3) is 0 Å². The van der Waals surface area contributed by atoms with Gasteiger partial charge in [0.15, 0.2) is 0 Å². The van der Waals surface area contributed by atoms with Crippen molar-refractivity contribution < 1.29 is 5.11 Å². The van der Waals surface area contributed by atoms with Crippen molar-refractivity contribution in [2.24, 2.45) is 0 Å². The van der Waals surface area contributed by atoms with Crippen LogP contribution in [0.3, 0.4) is 0 Å². The molecule has 1 atom stereocenters. The first-order valence-corrected chi connectivity index (χ1v) is 6.24. The van der Waals surface area contributed by atoms with E-state index >= 15 is 0 Å². The van der Waals surface area contributed by atoms with Crippen LogP contribution in [0.4, 0.5) is 0 Å². The molecule has 19 heavy (non-hydrogen) atoms. The van der Waals surface area contributed by atoms with Gasteiger partial charge in [0, 0.05) is 6.42 Å². The summed E-state index contributed by atoms with van der Waals surface area (Å²) in [5, 5.41) is 15.5. The Kier molecular flexibility index (Phi) is 4.11. The molecule has 0 aliphatic rings. The maximum Gasteiger partial charge on any atom is 0.137 e. The molecule has 6 heteroatoms. The lowest BCUT2D eigenvalue weighted by molar-refractivity contribution is 0.0199. The van der Waals surface area contributed by atoms with Crippen LogP contribution in [0.2, 0.25) is 10.0 Å². The van der Waals surface area contributed by atoms with Gasteiger partial charge >= 0.3 is 0 Å². The van der Waals surface area contributed by atoms with Crippen LogP contribution in [0.1, 0.15) is 12.0 Å². The summed E-state index contributed by atoms with van der Waals surface area (Å²) in [5.74, 6) is 2.47. The van der Waals surface area contributed by atoms with Crippen LogP contribution in [-0.4, -0.2) is 19.9 Å². The highest BCUT2D eigenvalue weighted by Gasteiger charge is 2.30. The second kappa shape index (κ2) is 5.62. The van der Waals surface area contributed by atoms with E-state index in [9.17, 15) is 5.11 Å². The van der Waals surface area contributed by atoms with E-state index in [0.29, 0.717) is 15.6 Å². The zero-order chi connectivity index (χ0) is 13.9. The summed E-state index contributed by atoms with van der Waals surface area (Å²) < 4.78 is 1.51. The first-order chi connectivity index (χ1) is 9.05.